The third-order valence-electron chi connectivity index (χ3n) is 1.55. The highest BCUT2D eigenvalue weighted by molar-refractivity contribution is 5.76. The minimum Gasteiger partial charge on any atom is -0.339 e. The van der Waals surface area contributed by atoms with Crippen molar-refractivity contribution in [2.75, 3.05) is 6.54 Å². The Morgan fingerprint density at radius 1 is 1.73 bits per heavy atom. The first kappa shape index (κ1) is 8.00. The van der Waals surface area contributed by atoms with Gasteiger partial charge in [0.2, 0.25) is 6.41 Å². The normalized spacial score (nSPS) is 22.7. The van der Waals surface area contributed by atoms with Crippen LogP contribution in [0.1, 0.15) is 12.8 Å². The van der Waals surface area contributed by atoms with Crippen molar-refractivity contribution in [3.05, 3.63) is 0 Å². The second-order valence-electron chi connectivity index (χ2n) is 2.31. The van der Waals surface area contributed by atoms with Gasteiger partial charge in [-0.3, -0.25) is 4.79 Å². The molecule has 0 bridgehead atoms. The van der Waals surface area contributed by atoms with Crippen molar-refractivity contribution in [2.24, 2.45) is 0 Å². The Hall–Kier alpha value is -1.10. The quantitative estimate of drug-likeness (QED) is 0.406. The molecule has 0 aromatic carbocycles. The molecule has 1 heterocycles. The molecule has 0 aromatic heterocycles. The first-order chi connectivity index (χ1) is 5.34. The van der Waals surface area contributed by atoms with Crippen molar-refractivity contribution in [3.63, 3.8) is 0 Å². The highest BCUT2D eigenvalue weighted by Gasteiger charge is 2.23. The molecule has 1 saturated heterocycles. The molecular weight excluding hydrogens is 148 g/mol. The lowest BCUT2D eigenvalue weighted by Crippen LogP contribution is -2.35. The number of nitrogens with one attached hydrogen (secondary N) is 2. The number of hydrogen-bond acceptors (Lipinski definition) is 4. The summed E-state index contributed by atoms with van der Waals surface area (Å²) in [5.74, 6) is -0.422. The molecule has 0 aliphatic carbocycles. The van der Waals surface area contributed by atoms with E-state index in [4.69, 9.17) is 0 Å². The van der Waals surface area contributed by atoms with Crippen LogP contribution >= 0.6 is 0 Å². The smallest absolute Gasteiger partial charge is 0.339 e. The summed E-state index contributed by atoms with van der Waals surface area (Å²) >= 11 is 0. The molecule has 0 saturated carbocycles. The number of carbonyl (C=O) groups is 2. The SMILES string of the molecule is O=CNOC(=O)[C@@H]1CCCN1. The second-order valence-corrected chi connectivity index (χ2v) is 2.31. The molecule has 0 unspecified atom stereocenters. The third-order valence-corrected chi connectivity index (χ3v) is 1.55. The van der Waals surface area contributed by atoms with Crippen LogP contribution in [0.25, 0.3) is 0 Å². The van der Waals surface area contributed by atoms with Gasteiger partial charge in [-0.1, -0.05) is 0 Å². The van der Waals surface area contributed by atoms with Crippen LogP contribution in [0.2, 0.25) is 0 Å². The van der Waals surface area contributed by atoms with E-state index in [1.54, 1.807) is 0 Å². The summed E-state index contributed by atoms with van der Waals surface area (Å²) in [6.45, 7) is 0.834. The summed E-state index contributed by atoms with van der Waals surface area (Å²) < 4.78 is 0. The molecule has 1 rings (SSSR count). The zero-order chi connectivity index (χ0) is 8.10. The second kappa shape index (κ2) is 3.92. The lowest BCUT2D eigenvalue weighted by atomic mass is 10.2. The summed E-state index contributed by atoms with van der Waals surface area (Å²) in [7, 11) is 0. The van der Waals surface area contributed by atoms with Crippen LogP contribution in [0.3, 0.4) is 0 Å². The third kappa shape index (κ3) is 2.19. The van der Waals surface area contributed by atoms with Crippen molar-refractivity contribution >= 4 is 12.4 Å². The fourth-order valence-corrected chi connectivity index (χ4v) is 1.04. The van der Waals surface area contributed by atoms with Crippen LogP contribution < -0.4 is 10.8 Å². The predicted octanol–water partition coefficient (Wildman–Crippen LogP) is -1.06. The Balaban J connectivity index is 2.22. The topological polar surface area (TPSA) is 67.4 Å². The van der Waals surface area contributed by atoms with E-state index in [1.165, 1.54) is 0 Å². The molecule has 1 aliphatic heterocycles. The van der Waals surface area contributed by atoms with Crippen LogP contribution in [-0.4, -0.2) is 25.0 Å². The van der Waals surface area contributed by atoms with Gasteiger partial charge >= 0.3 is 5.97 Å². The van der Waals surface area contributed by atoms with Crippen molar-refractivity contribution < 1.29 is 14.4 Å². The Bertz CT molecular complexity index is 154. The summed E-state index contributed by atoms with van der Waals surface area (Å²) in [6, 6.07) is -0.248. The van der Waals surface area contributed by atoms with Gasteiger partial charge < -0.3 is 10.2 Å². The molecule has 0 aromatic rings. The summed E-state index contributed by atoms with van der Waals surface area (Å²) in [5, 5.41) is 2.93. The first-order valence-electron chi connectivity index (χ1n) is 3.48. The van der Waals surface area contributed by atoms with Crippen LogP contribution in [0.4, 0.5) is 0 Å². The number of rotatable bonds is 3. The van der Waals surface area contributed by atoms with Gasteiger partial charge in [0, 0.05) is 0 Å². The Labute approximate surface area is 64.0 Å². The van der Waals surface area contributed by atoms with E-state index in [1.807, 2.05) is 5.48 Å². The van der Waals surface area contributed by atoms with Crippen molar-refractivity contribution in [2.45, 2.75) is 18.9 Å². The van der Waals surface area contributed by atoms with E-state index in [0.717, 1.165) is 19.4 Å². The molecule has 62 valence electrons. The molecule has 0 radical (unpaired) electrons. The maximum atomic E-state index is 10.9. The first-order valence-corrected chi connectivity index (χ1v) is 3.48. The van der Waals surface area contributed by atoms with Crippen molar-refractivity contribution in [3.8, 4) is 0 Å². The van der Waals surface area contributed by atoms with E-state index in [0.29, 0.717) is 6.41 Å². The number of amides is 1. The minimum atomic E-state index is -0.422. The van der Waals surface area contributed by atoms with E-state index < -0.39 is 5.97 Å². The molecule has 0 spiro atoms. The fourth-order valence-electron chi connectivity index (χ4n) is 1.04. The van der Waals surface area contributed by atoms with Crippen LogP contribution in [0, 0.1) is 0 Å². The largest absolute Gasteiger partial charge is 0.348 e. The highest BCUT2D eigenvalue weighted by atomic mass is 16.7. The van der Waals surface area contributed by atoms with E-state index in [2.05, 4.69) is 10.2 Å². The van der Waals surface area contributed by atoms with Gasteiger partial charge in [-0.25, -0.2) is 4.79 Å². The fraction of sp³-hybridized carbons (Fsp3) is 0.667. The van der Waals surface area contributed by atoms with E-state index in [9.17, 15) is 9.59 Å². The monoisotopic (exact) mass is 158 g/mol. The Morgan fingerprint density at radius 3 is 3.09 bits per heavy atom. The Kier molecular flexibility index (Phi) is 2.85. The maximum absolute atomic E-state index is 10.9. The van der Waals surface area contributed by atoms with Gasteiger partial charge in [-0.05, 0) is 19.4 Å². The maximum Gasteiger partial charge on any atom is 0.348 e. The average Bonchev–Trinajstić information content (AvgIpc) is 2.52. The standard InChI is InChI=1S/C6H10N2O3/c9-4-8-11-6(10)5-2-1-3-7-5/h4-5,7H,1-3H2,(H,8,9)/t5-/m0/s1. The van der Waals surface area contributed by atoms with Gasteiger partial charge in [-0.15, -0.1) is 0 Å². The zero-order valence-corrected chi connectivity index (χ0v) is 6.00. The van der Waals surface area contributed by atoms with E-state index in [-0.39, 0.29) is 6.04 Å². The highest BCUT2D eigenvalue weighted by Crippen LogP contribution is 2.05. The number of hydroxylamine groups is 1. The van der Waals surface area contributed by atoms with Crippen molar-refractivity contribution in [1.29, 1.82) is 0 Å². The number of carbonyl (C=O) groups excluding carboxylic acids is 2. The summed E-state index contributed by atoms with van der Waals surface area (Å²) in [6.07, 6.45) is 2.08. The predicted molar refractivity (Wildman–Crippen MR) is 36.3 cm³/mol. The molecular formula is C6H10N2O3. The zero-order valence-electron chi connectivity index (χ0n) is 6.00. The molecule has 1 fully saturated rings. The molecule has 1 amide bonds. The molecule has 1 aliphatic rings. The van der Waals surface area contributed by atoms with Gasteiger partial charge in [0.05, 0.1) is 0 Å². The van der Waals surface area contributed by atoms with Crippen LogP contribution in [0.5, 0.6) is 0 Å². The molecule has 5 nitrogen and oxygen atoms in total. The minimum absolute atomic E-state index is 0.248. The molecule has 1 atom stereocenters. The van der Waals surface area contributed by atoms with Crippen molar-refractivity contribution in [1.82, 2.24) is 10.8 Å². The lowest BCUT2D eigenvalue weighted by molar-refractivity contribution is -0.156. The van der Waals surface area contributed by atoms with Crippen LogP contribution in [0.15, 0.2) is 0 Å². The molecule has 2 N–H and O–H groups in total. The van der Waals surface area contributed by atoms with E-state index >= 15 is 0 Å². The molecule has 5 heteroatoms. The summed E-state index contributed by atoms with van der Waals surface area (Å²) in [5.41, 5.74) is 1.85. The van der Waals surface area contributed by atoms with Gasteiger partial charge in [0.25, 0.3) is 0 Å². The van der Waals surface area contributed by atoms with Gasteiger partial charge in [0.15, 0.2) is 0 Å². The average molecular weight is 158 g/mol. The van der Waals surface area contributed by atoms with Crippen LogP contribution in [-0.2, 0) is 14.4 Å². The lowest BCUT2D eigenvalue weighted by Gasteiger charge is -2.06. The molecule has 11 heavy (non-hydrogen) atoms. The van der Waals surface area contributed by atoms with Gasteiger partial charge in [-0.2, -0.15) is 5.48 Å². The number of hydrogen-bond donors (Lipinski definition) is 2. The summed E-state index contributed by atoms with van der Waals surface area (Å²) in [4.78, 5) is 25.0. The Morgan fingerprint density at radius 2 is 2.55 bits per heavy atom. The van der Waals surface area contributed by atoms with Gasteiger partial charge in [0.1, 0.15) is 6.04 Å².